The minimum atomic E-state index is -0.291. The molecule has 2 aliphatic heterocycles. The number of urea groups is 1. The largest absolute Gasteiger partial charge is 0.325 e. The van der Waals surface area contributed by atoms with Crippen molar-refractivity contribution in [3.8, 4) is 0 Å². The first-order chi connectivity index (χ1) is 10.7. The Kier molecular flexibility index (Phi) is 4.93. The molecule has 0 spiro atoms. The molecular formula is C17H24FN3O. The number of nitrogens with one attached hydrogen (secondary N) is 1. The fraction of sp³-hybridized carbons (Fsp3) is 0.588. The molecule has 0 atom stereocenters. The fourth-order valence-corrected chi connectivity index (χ4v) is 3.38. The number of benzene rings is 1. The van der Waals surface area contributed by atoms with Crippen LogP contribution in [0.5, 0.6) is 0 Å². The summed E-state index contributed by atoms with van der Waals surface area (Å²) in [5.41, 5.74) is 0.644. The monoisotopic (exact) mass is 305 g/mol. The van der Waals surface area contributed by atoms with Crippen LogP contribution in [0.15, 0.2) is 24.3 Å². The first-order valence-electron chi connectivity index (χ1n) is 8.24. The van der Waals surface area contributed by atoms with Gasteiger partial charge in [-0.15, -0.1) is 0 Å². The van der Waals surface area contributed by atoms with Crippen molar-refractivity contribution in [2.45, 2.75) is 25.7 Å². The number of hydrogen-bond acceptors (Lipinski definition) is 2. The Labute approximate surface area is 131 Å². The van der Waals surface area contributed by atoms with Crippen LogP contribution in [0.25, 0.3) is 0 Å². The smallest absolute Gasteiger partial charge is 0.321 e. The summed E-state index contributed by atoms with van der Waals surface area (Å²) < 4.78 is 12.9. The number of halogens is 1. The third-order valence-electron chi connectivity index (χ3n) is 4.71. The van der Waals surface area contributed by atoms with Crippen molar-refractivity contribution in [3.05, 3.63) is 30.1 Å². The third kappa shape index (κ3) is 3.97. The second-order valence-electron chi connectivity index (χ2n) is 6.38. The van der Waals surface area contributed by atoms with E-state index in [1.54, 1.807) is 12.1 Å². The Morgan fingerprint density at radius 3 is 2.36 bits per heavy atom. The van der Waals surface area contributed by atoms with E-state index in [1.165, 1.54) is 44.6 Å². The lowest BCUT2D eigenvalue weighted by atomic mass is 9.96. The van der Waals surface area contributed by atoms with Gasteiger partial charge in [0, 0.05) is 25.3 Å². The lowest BCUT2D eigenvalue weighted by Crippen LogP contribution is -2.43. The molecule has 2 amide bonds. The number of piperidine rings is 1. The van der Waals surface area contributed by atoms with Gasteiger partial charge in [-0.25, -0.2) is 9.18 Å². The SMILES string of the molecule is O=C(Nc1ccc(F)cc1)N1CCC(CN2CCCC2)CC1. The van der Waals surface area contributed by atoms with Gasteiger partial charge in [-0.1, -0.05) is 0 Å². The van der Waals surface area contributed by atoms with E-state index in [2.05, 4.69) is 10.2 Å². The van der Waals surface area contributed by atoms with E-state index >= 15 is 0 Å². The molecule has 0 aliphatic carbocycles. The second-order valence-corrected chi connectivity index (χ2v) is 6.38. The number of nitrogens with zero attached hydrogens (tertiary/aromatic N) is 2. The third-order valence-corrected chi connectivity index (χ3v) is 4.71. The van der Waals surface area contributed by atoms with E-state index in [0.717, 1.165) is 25.9 Å². The van der Waals surface area contributed by atoms with Crippen molar-refractivity contribution in [3.63, 3.8) is 0 Å². The molecule has 2 aliphatic rings. The minimum absolute atomic E-state index is 0.0776. The molecule has 4 nitrogen and oxygen atoms in total. The standard InChI is InChI=1S/C17H24FN3O/c18-15-3-5-16(6-4-15)19-17(22)21-11-7-14(8-12-21)13-20-9-1-2-10-20/h3-6,14H,1-2,7-13H2,(H,19,22). The second kappa shape index (κ2) is 7.09. The van der Waals surface area contributed by atoms with Crippen LogP contribution >= 0.6 is 0 Å². The molecule has 3 rings (SSSR count). The normalized spacial score (nSPS) is 20.3. The van der Waals surface area contributed by atoms with E-state index in [1.807, 2.05) is 4.90 Å². The zero-order valence-corrected chi connectivity index (χ0v) is 12.9. The number of hydrogen-bond donors (Lipinski definition) is 1. The van der Waals surface area contributed by atoms with Gasteiger partial charge in [0.2, 0.25) is 0 Å². The molecule has 120 valence electrons. The zero-order chi connectivity index (χ0) is 15.4. The minimum Gasteiger partial charge on any atom is -0.325 e. The highest BCUT2D eigenvalue weighted by Crippen LogP contribution is 2.21. The van der Waals surface area contributed by atoms with Crippen molar-refractivity contribution in [2.24, 2.45) is 5.92 Å². The Hall–Kier alpha value is -1.62. The van der Waals surface area contributed by atoms with Gasteiger partial charge >= 0.3 is 6.03 Å². The molecule has 0 unspecified atom stereocenters. The molecule has 0 radical (unpaired) electrons. The van der Waals surface area contributed by atoms with Crippen LogP contribution in [-0.2, 0) is 0 Å². The van der Waals surface area contributed by atoms with Crippen molar-refractivity contribution < 1.29 is 9.18 Å². The van der Waals surface area contributed by atoms with Gasteiger partial charge in [0.15, 0.2) is 0 Å². The van der Waals surface area contributed by atoms with Crippen molar-refractivity contribution in [1.29, 1.82) is 0 Å². The topological polar surface area (TPSA) is 35.6 Å². The predicted molar refractivity (Wildman–Crippen MR) is 85.4 cm³/mol. The van der Waals surface area contributed by atoms with Crippen molar-refractivity contribution >= 4 is 11.7 Å². The molecular weight excluding hydrogens is 281 g/mol. The van der Waals surface area contributed by atoms with E-state index in [9.17, 15) is 9.18 Å². The van der Waals surface area contributed by atoms with Crippen LogP contribution in [0.3, 0.4) is 0 Å². The molecule has 2 fully saturated rings. The maximum absolute atomic E-state index is 12.9. The summed E-state index contributed by atoms with van der Waals surface area (Å²) in [6.07, 6.45) is 4.82. The Morgan fingerprint density at radius 1 is 1.09 bits per heavy atom. The van der Waals surface area contributed by atoms with Crippen molar-refractivity contribution in [2.75, 3.05) is 38.0 Å². The van der Waals surface area contributed by atoms with Crippen LogP contribution in [0.2, 0.25) is 0 Å². The predicted octanol–water partition coefficient (Wildman–Crippen LogP) is 3.17. The Morgan fingerprint density at radius 2 is 1.73 bits per heavy atom. The number of carbonyl (C=O) groups excluding carboxylic acids is 1. The summed E-state index contributed by atoms with van der Waals surface area (Å²) >= 11 is 0. The fourth-order valence-electron chi connectivity index (χ4n) is 3.38. The quantitative estimate of drug-likeness (QED) is 0.931. The first kappa shape index (κ1) is 15.3. The van der Waals surface area contributed by atoms with Gasteiger partial charge in [-0.05, 0) is 69.0 Å². The van der Waals surface area contributed by atoms with Crippen LogP contribution in [0.4, 0.5) is 14.9 Å². The highest BCUT2D eigenvalue weighted by Gasteiger charge is 2.25. The Bertz CT molecular complexity index is 491. The lowest BCUT2D eigenvalue weighted by Gasteiger charge is -2.33. The van der Waals surface area contributed by atoms with Gasteiger partial charge in [-0.2, -0.15) is 0 Å². The van der Waals surface area contributed by atoms with E-state index in [0.29, 0.717) is 11.6 Å². The summed E-state index contributed by atoms with van der Waals surface area (Å²) in [7, 11) is 0. The zero-order valence-electron chi connectivity index (χ0n) is 12.9. The number of amides is 2. The Balaban J connectivity index is 1.44. The summed E-state index contributed by atoms with van der Waals surface area (Å²) in [5.74, 6) is 0.425. The molecule has 0 aromatic heterocycles. The molecule has 1 aromatic rings. The van der Waals surface area contributed by atoms with Gasteiger partial charge < -0.3 is 15.1 Å². The molecule has 1 aromatic carbocycles. The molecule has 0 saturated carbocycles. The maximum atomic E-state index is 12.9. The van der Waals surface area contributed by atoms with E-state index in [4.69, 9.17) is 0 Å². The maximum Gasteiger partial charge on any atom is 0.321 e. The van der Waals surface area contributed by atoms with E-state index in [-0.39, 0.29) is 11.8 Å². The van der Waals surface area contributed by atoms with Crippen LogP contribution in [0, 0.1) is 11.7 Å². The van der Waals surface area contributed by atoms with Crippen LogP contribution in [-0.4, -0.2) is 48.6 Å². The molecule has 1 N–H and O–H groups in total. The lowest BCUT2D eigenvalue weighted by molar-refractivity contribution is 0.163. The van der Waals surface area contributed by atoms with Crippen LogP contribution < -0.4 is 5.32 Å². The number of carbonyl (C=O) groups is 1. The van der Waals surface area contributed by atoms with Gasteiger partial charge in [0.1, 0.15) is 5.82 Å². The van der Waals surface area contributed by atoms with Crippen molar-refractivity contribution in [1.82, 2.24) is 9.80 Å². The van der Waals surface area contributed by atoms with E-state index < -0.39 is 0 Å². The molecule has 5 heteroatoms. The summed E-state index contributed by atoms with van der Waals surface area (Å²) in [6, 6.07) is 5.82. The first-order valence-corrected chi connectivity index (χ1v) is 8.24. The van der Waals surface area contributed by atoms with Gasteiger partial charge in [0.25, 0.3) is 0 Å². The molecule has 2 heterocycles. The number of anilines is 1. The average Bonchev–Trinajstić information content (AvgIpc) is 3.03. The van der Waals surface area contributed by atoms with Gasteiger partial charge in [-0.3, -0.25) is 0 Å². The highest BCUT2D eigenvalue weighted by molar-refractivity contribution is 5.89. The highest BCUT2D eigenvalue weighted by atomic mass is 19.1. The average molecular weight is 305 g/mol. The summed E-state index contributed by atoms with van der Waals surface area (Å²) in [4.78, 5) is 16.6. The molecule has 22 heavy (non-hydrogen) atoms. The number of rotatable bonds is 3. The molecule has 0 bridgehead atoms. The summed E-state index contributed by atoms with van der Waals surface area (Å²) in [5, 5.41) is 2.84. The molecule has 2 saturated heterocycles. The van der Waals surface area contributed by atoms with Gasteiger partial charge in [0.05, 0.1) is 0 Å². The number of likely N-dealkylation sites (tertiary alicyclic amines) is 2. The van der Waals surface area contributed by atoms with Crippen LogP contribution in [0.1, 0.15) is 25.7 Å². The summed E-state index contributed by atoms with van der Waals surface area (Å²) in [6.45, 7) is 5.29.